The van der Waals surface area contributed by atoms with E-state index in [1.807, 2.05) is 36.6 Å². The van der Waals surface area contributed by atoms with E-state index in [0.29, 0.717) is 15.7 Å². The molecule has 0 spiro atoms. The molecule has 1 heterocycles. The molecule has 1 aromatic heterocycles. The monoisotopic (exact) mass is 349 g/mol. The lowest BCUT2D eigenvalue weighted by Crippen LogP contribution is -2.29. The first-order valence-corrected chi connectivity index (χ1v) is 8.85. The van der Waals surface area contributed by atoms with Crippen LogP contribution in [0, 0.1) is 0 Å². The van der Waals surface area contributed by atoms with E-state index in [4.69, 9.17) is 11.6 Å². The van der Waals surface area contributed by atoms with Gasteiger partial charge in [0.1, 0.15) is 5.52 Å². The second-order valence-corrected chi connectivity index (χ2v) is 6.67. The molecule has 0 aliphatic heterocycles. The predicted molar refractivity (Wildman–Crippen MR) is 93.9 cm³/mol. The first-order valence-electron chi connectivity index (χ1n) is 6.43. The van der Waals surface area contributed by atoms with E-state index in [-0.39, 0.29) is 5.91 Å². The summed E-state index contributed by atoms with van der Waals surface area (Å²) in [5.41, 5.74) is 6.88. The maximum atomic E-state index is 12.2. The number of thioether (sulfide) groups is 1. The number of hydrogen-bond donors (Lipinski definition) is 2. The average Bonchev–Trinajstić information content (AvgIpc) is 2.97. The Bertz CT molecular complexity index is 835. The maximum absolute atomic E-state index is 12.2. The summed E-state index contributed by atoms with van der Waals surface area (Å²) in [7, 11) is 0. The zero-order valence-electron chi connectivity index (χ0n) is 11.6. The molecule has 0 saturated carbocycles. The van der Waals surface area contributed by atoms with Crippen LogP contribution in [0.3, 0.4) is 0 Å². The summed E-state index contributed by atoms with van der Waals surface area (Å²) in [6, 6.07) is 13.1. The van der Waals surface area contributed by atoms with Crippen molar-refractivity contribution >= 4 is 56.0 Å². The van der Waals surface area contributed by atoms with Gasteiger partial charge in [0.05, 0.1) is 15.3 Å². The number of nitrogens with zero attached hydrogens (tertiary/aromatic N) is 1. The molecule has 7 heteroatoms. The van der Waals surface area contributed by atoms with Crippen molar-refractivity contribution in [2.75, 3.05) is 11.7 Å². The van der Waals surface area contributed by atoms with Crippen LogP contribution in [0.5, 0.6) is 0 Å². The van der Waals surface area contributed by atoms with E-state index in [1.54, 1.807) is 12.1 Å². The number of thiazole rings is 1. The Morgan fingerprint density at radius 3 is 2.82 bits per heavy atom. The molecule has 4 nitrogen and oxygen atoms in total. The highest BCUT2D eigenvalue weighted by Gasteiger charge is 2.11. The number of aromatic nitrogens is 1. The van der Waals surface area contributed by atoms with E-state index in [0.717, 1.165) is 15.1 Å². The van der Waals surface area contributed by atoms with Crippen LogP contribution in [0.15, 0.2) is 47.4 Å². The van der Waals surface area contributed by atoms with Crippen molar-refractivity contribution in [3.63, 3.8) is 0 Å². The van der Waals surface area contributed by atoms with Crippen LogP contribution in [0.2, 0.25) is 5.02 Å². The summed E-state index contributed by atoms with van der Waals surface area (Å²) in [5, 5.41) is 1.19. The van der Waals surface area contributed by atoms with Gasteiger partial charge in [-0.2, -0.15) is 0 Å². The number of halogens is 1. The van der Waals surface area contributed by atoms with E-state index >= 15 is 0 Å². The first kappa shape index (κ1) is 15.1. The second kappa shape index (κ2) is 6.56. The molecule has 0 fully saturated rings. The van der Waals surface area contributed by atoms with Gasteiger partial charge in [0.2, 0.25) is 5.13 Å². The molecule has 3 rings (SSSR count). The van der Waals surface area contributed by atoms with E-state index in [1.165, 1.54) is 23.1 Å². The van der Waals surface area contributed by atoms with Gasteiger partial charge >= 0.3 is 0 Å². The van der Waals surface area contributed by atoms with Crippen LogP contribution < -0.4 is 10.9 Å². The van der Waals surface area contributed by atoms with Crippen LogP contribution in [0.25, 0.3) is 10.2 Å². The summed E-state index contributed by atoms with van der Waals surface area (Å²) in [4.78, 5) is 17.5. The van der Waals surface area contributed by atoms with Gasteiger partial charge in [0.15, 0.2) is 0 Å². The van der Waals surface area contributed by atoms with Crippen molar-refractivity contribution in [3.05, 3.63) is 53.1 Å². The summed E-state index contributed by atoms with van der Waals surface area (Å²) in [6.07, 6.45) is 1.94. The number of amides is 1. The number of benzene rings is 2. The van der Waals surface area contributed by atoms with E-state index < -0.39 is 0 Å². The Morgan fingerprint density at radius 1 is 1.23 bits per heavy atom. The summed E-state index contributed by atoms with van der Waals surface area (Å²) in [6.45, 7) is 0. The van der Waals surface area contributed by atoms with Crippen molar-refractivity contribution < 1.29 is 4.79 Å². The standard InChI is InChI=1S/C15H12ClN3OS2/c1-21-11-7-3-2-5-9(11)14(20)18-19-15-17-13-10(16)6-4-8-12(13)22-15/h2-8H,1H3,(H,17,19)(H,18,20). The Labute approximate surface area is 140 Å². The Kier molecular flexibility index (Phi) is 4.52. The normalized spacial score (nSPS) is 10.6. The Morgan fingerprint density at radius 2 is 2.05 bits per heavy atom. The van der Waals surface area contributed by atoms with Crippen molar-refractivity contribution in [2.45, 2.75) is 4.90 Å². The van der Waals surface area contributed by atoms with E-state index in [2.05, 4.69) is 15.8 Å². The average molecular weight is 350 g/mol. The van der Waals surface area contributed by atoms with E-state index in [9.17, 15) is 4.79 Å². The van der Waals surface area contributed by atoms with Crippen molar-refractivity contribution in [1.29, 1.82) is 0 Å². The lowest BCUT2D eigenvalue weighted by Gasteiger charge is -2.08. The first-order chi connectivity index (χ1) is 10.7. The van der Waals surface area contributed by atoms with Gasteiger partial charge in [-0.3, -0.25) is 15.6 Å². The predicted octanol–water partition coefficient (Wildman–Crippen LogP) is 4.43. The minimum absolute atomic E-state index is 0.199. The van der Waals surface area contributed by atoms with Gasteiger partial charge in [0, 0.05) is 4.90 Å². The molecule has 0 atom stereocenters. The van der Waals surface area contributed by atoms with Crippen LogP contribution in [-0.4, -0.2) is 17.1 Å². The Hall–Kier alpha value is -1.76. The molecular formula is C15H12ClN3OS2. The maximum Gasteiger partial charge on any atom is 0.270 e. The number of rotatable bonds is 4. The number of carbonyl (C=O) groups excluding carboxylic acids is 1. The third-order valence-corrected chi connectivity index (χ3v) is 5.04. The van der Waals surface area contributed by atoms with Crippen molar-refractivity contribution in [3.8, 4) is 0 Å². The summed E-state index contributed by atoms with van der Waals surface area (Å²) < 4.78 is 0.966. The lowest BCUT2D eigenvalue weighted by atomic mass is 10.2. The van der Waals surface area contributed by atoms with Crippen LogP contribution in [0.1, 0.15) is 10.4 Å². The fourth-order valence-corrected chi connectivity index (χ4v) is 3.69. The zero-order chi connectivity index (χ0) is 15.5. The SMILES string of the molecule is CSc1ccccc1C(=O)NNc1nc2c(Cl)cccc2s1. The number of hydrazine groups is 1. The molecule has 0 aliphatic carbocycles. The molecule has 1 amide bonds. The number of para-hydroxylation sites is 1. The second-order valence-electron chi connectivity index (χ2n) is 4.39. The summed E-state index contributed by atoms with van der Waals surface area (Å²) in [5.74, 6) is -0.199. The van der Waals surface area contributed by atoms with Gasteiger partial charge < -0.3 is 0 Å². The third-order valence-electron chi connectivity index (χ3n) is 3.00. The highest BCUT2D eigenvalue weighted by Crippen LogP contribution is 2.30. The zero-order valence-corrected chi connectivity index (χ0v) is 14.0. The number of carbonyl (C=O) groups is 1. The summed E-state index contributed by atoms with van der Waals surface area (Å²) >= 11 is 9.06. The molecule has 22 heavy (non-hydrogen) atoms. The number of fused-ring (bicyclic) bond motifs is 1. The fraction of sp³-hybridized carbons (Fsp3) is 0.0667. The van der Waals surface area contributed by atoms with Crippen LogP contribution in [0.4, 0.5) is 5.13 Å². The molecule has 3 aromatic rings. The smallest absolute Gasteiger partial charge is 0.270 e. The van der Waals surface area contributed by atoms with Gasteiger partial charge in [-0.15, -0.1) is 11.8 Å². The fourth-order valence-electron chi connectivity index (χ4n) is 1.98. The molecule has 112 valence electrons. The van der Waals surface area contributed by atoms with Crippen molar-refractivity contribution in [2.24, 2.45) is 0 Å². The molecule has 0 saturated heterocycles. The minimum Gasteiger partial charge on any atom is -0.273 e. The van der Waals surface area contributed by atoms with Crippen LogP contribution in [-0.2, 0) is 0 Å². The highest BCUT2D eigenvalue weighted by molar-refractivity contribution is 7.98. The molecule has 0 radical (unpaired) electrons. The number of hydrogen-bond acceptors (Lipinski definition) is 5. The van der Waals surface area contributed by atoms with Gasteiger partial charge in [0.25, 0.3) is 5.91 Å². The minimum atomic E-state index is -0.199. The number of nitrogens with one attached hydrogen (secondary N) is 2. The molecule has 0 bridgehead atoms. The largest absolute Gasteiger partial charge is 0.273 e. The quantitative estimate of drug-likeness (QED) is 0.540. The Balaban J connectivity index is 1.76. The van der Waals surface area contributed by atoms with Crippen LogP contribution >= 0.6 is 34.7 Å². The third kappa shape index (κ3) is 3.04. The number of anilines is 1. The lowest BCUT2D eigenvalue weighted by molar-refractivity contribution is 0.0960. The molecule has 0 aliphatic rings. The van der Waals surface area contributed by atoms with Gasteiger partial charge in [-0.25, -0.2) is 4.98 Å². The highest BCUT2D eigenvalue weighted by atomic mass is 35.5. The van der Waals surface area contributed by atoms with Crippen molar-refractivity contribution in [1.82, 2.24) is 10.4 Å². The molecule has 2 aromatic carbocycles. The topological polar surface area (TPSA) is 54.0 Å². The van der Waals surface area contributed by atoms with Gasteiger partial charge in [-0.1, -0.05) is 41.1 Å². The van der Waals surface area contributed by atoms with Gasteiger partial charge in [-0.05, 0) is 30.5 Å². The molecular weight excluding hydrogens is 338 g/mol. The molecule has 2 N–H and O–H groups in total. The molecule has 0 unspecified atom stereocenters.